The molecule has 2 rings (SSSR count). The molecule has 0 radical (unpaired) electrons. The Labute approximate surface area is 116 Å². The first-order valence-corrected chi connectivity index (χ1v) is 6.86. The molecule has 0 bridgehead atoms. The minimum atomic E-state index is -0.111. The van der Waals surface area contributed by atoms with Gasteiger partial charge in [0.25, 0.3) is 5.91 Å². The normalized spacial score (nSPS) is 10.3. The number of nitrogens with two attached hydrogens (primary N) is 1. The van der Waals surface area contributed by atoms with Crippen LogP contribution in [0.2, 0.25) is 0 Å². The van der Waals surface area contributed by atoms with Crippen LogP contribution in [-0.2, 0) is 0 Å². The van der Waals surface area contributed by atoms with Crippen molar-refractivity contribution in [1.29, 1.82) is 0 Å². The molecule has 4 nitrogen and oxygen atoms in total. The summed E-state index contributed by atoms with van der Waals surface area (Å²) in [5, 5.41) is 0.827. The smallest absolute Gasteiger partial charge is 0.266 e. The number of pyridine rings is 1. The standard InChI is InChI=1S/C14H15N3OS/c1-3-8-17(9-4-2)14(18)12-11(15)10-6-5-7-16-13(10)19-12/h1,5-7H,4,8-9,15H2,2H3. The van der Waals surface area contributed by atoms with E-state index in [1.54, 1.807) is 11.1 Å². The Balaban J connectivity index is 2.40. The zero-order chi connectivity index (χ0) is 13.8. The number of thiophene rings is 1. The Bertz CT molecular complexity index is 642. The van der Waals surface area contributed by atoms with Crippen LogP contribution in [0, 0.1) is 12.3 Å². The van der Waals surface area contributed by atoms with Gasteiger partial charge in [-0.1, -0.05) is 12.8 Å². The van der Waals surface area contributed by atoms with Crippen molar-refractivity contribution in [2.75, 3.05) is 18.8 Å². The third-order valence-corrected chi connectivity index (χ3v) is 3.88. The van der Waals surface area contributed by atoms with Crippen LogP contribution in [0.3, 0.4) is 0 Å². The summed E-state index contributed by atoms with van der Waals surface area (Å²) < 4.78 is 0. The fourth-order valence-electron chi connectivity index (χ4n) is 1.89. The predicted molar refractivity (Wildman–Crippen MR) is 79.1 cm³/mol. The third-order valence-electron chi connectivity index (χ3n) is 2.76. The van der Waals surface area contributed by atoms with Crippen LogP contribution in [0.5, 0.6) is 0 Å². The lowest BCUT2D eigenvalue weighted by Gasteiger charge is -2.18. The highest BCUT2D eigenvalue weighted by molar-refractivity contribution is 7.21. The molecule has 1 amide bonds. The van der Waals surface area contributed by atoms with E-state index >= 15 is 0 Å². The molecule has 98 valence electrons. The molecule has 0 saturated heterocycles. The second-order valence-corrected chi connectivity index (χ2v) is 5.13. The average molecular weight is 273 g/mol. The highest BCUT2D eigenvalue weighted by Gasteiger charge is 2.21. The zero-order valence-corrected chi connectivity index (χ0v) is 11.5. The van der Waals surface area contributed by atoms with Crippen LogP contribution in [0.4, 0.5) is 5.69 Å². The van der Waals surface area contributed by atoms with Crippen LogP contribution in [-0.4, -0.2) is 28.9 Å². The molecule has 0 atom stereocenters. The first-order chi connectivity index (χ1) is 9.19. The van der Waals surface area contributed by atoms with Gasteiger partial charge in [0.2, 0.25) is 0 Å². The topological polar surface area (TPSA) is 59.2 Å². The van der Waals surface area contributed by atoms with E-state index in [4.69, 9.17) is 12.2 Å². The lowest BCUT2D eigenvalue weighted by Crippen LogP contribution is -2.32. The molecule has 2 aromatic rings. The van der Waals surface area contributed by atoms with E-state index in [1.165, 1.54) is 11.3 Å². The molecule has 0 spiro atoms. The summed E-state index contributed by atoms with van der Waals surface area (Å²) in [6.45, 7) is 2.94. The van der Waals surface area contributed by atoms with Gasteiger partial charge >= 0.3 is 0 Å². The molecule has 0 aliphatic rings. The molecule has 2 N–H and O–H groups in total. The van der Waals surface area contributed by atoms with Crippen molar-refractivity contribution in [2.24, 2.45) is 0 Å². The summed E-state index contributed by atoms with van der Waals surface area (Å²) in [7, 11) is 0. The Kier molecular flexibility index (Phi) is 4.03. The second kappa shape index (κ2) is 5.72. The maximum Gasteiger partial charge on any atom is 0.266 e. The maximum absolute atomic E-state index is 12.4. The molecular weight excluding hydrogens is 258 g/mol. The van der Waals surface area contributed by atoms with Crippen molar-refractivity contribution in [3.05, 3.63) is 23.2 Å². The number of nitrogen functional groups attached to an aromatic ring is 1. The number of hydrogen-bond acceptors (Lipinski definition) is 4. The average Bonchev–Trinajstić information content (AvgIpc) is 2.76. The summed E-state index contributed by atoms with van der Waals surface area (Å²) in [5.41, 5.74) is 6.54. The van der Waals surface area contributed by atoms with Gasteiger partial charge in [0.1, 0.15) is 9.71 Å². The monoisotopic (exact) mass is 273 g/mol. The van der Waals surface area contributed by atoms with Gasteiger partial charge in [-0.3, -0.25) is 4.79 Å². The lowest BCUT2D eigenvalue weighted by molar-refractivity contribution is 0.0782. The molecule has 5 heteroatoms. The van der Waals surface area contributed by atoms with Crippen molar-refractivity contribution in [1.82, 2.24) is 9.88 Å². The minimum absolute atomic E-state index is 0.111. The van der Waals surface area contributed by atoms with Gasteiger partial charge < -0.3 is 10.6 Å². The Morgan fingerprint density at radius 1 is 1.63 bits per heavy atom. The second-order valence-electron chi connectivity index (χ2n) is 4.13. The van der Waals surface area contributed by atoms with Gasteiger partial charge in [-0.2, -0.15) is 0 Å². The number of amides is 1. The number of aromatic nitrogens is 1. The number of nitrogens with zero attached hydrogens (tertiary/aromatic N) is 2. The Morgan fingerprint density at radius 3 is 3.05 bits per heavy atom. The lowest BCUT2D eigenvalue weighted by atomic mass is 10.2. The maximum atomic E-state index is 12.4. The number of carbonyl (C=O) groups is 1. The first-order valence-electron chi connectivity index (χ1n) is 6.04. The number of carbonyl (C=O) groups excluding carboxylic acids is 1. The third kappa shape index (κ3) is 2.54. The van der Waals surface area contributed by atoms with Gasteiger partial charge in [-0.15, -0.1) is 17.8 Å². The van der Waals surface area contributed by atoms with Crippen LogP contribution >= 0.6 is 11.3 Å². The summed E-state index contributed by atoms with van der Waals surface area (Å²) >= 11 is 1.32. The SMILES string of the molecule is C#CCN(CCC)C(=O)c1sc2ncccc2c1N. The van der Waals surface area contributed by atoms with E-state index in [2.05, 4.69) is 10.9 Å². The van der Waals surface area contributed by atoms with E-state index in [0.29, 0.717) is 23.7 Å². The Hall–Kier alpha value is -2.06. The van der Waals surface area contributed by atoms with Crippen molar-refractivity contribution < 1.29 is 4.79 Å². The van der Waals surface area contributed by atoms with Crippen molar-refractivity contribution in [3.63, 3.8) is 0 Å². The highest BCUT2D eigenvalue weighted by atomic mass is 32.1. The van der Waals surface area contributed by atoms with Gasteiger partial charge in [-0.05, 0) is 18.6 Å². The highest BCUT2D eigenvalue weighted by Crippen LogP contribution is 2.32. The molecule has 2 heterocycles. The van der Waals surface area contributed by atoms with Gasteiger partial charge in [-0.25, -0.2) is 4.98 Å². The van der Waals surface area contributed by atoms with Crippen LogP contribution in [0.15, 0.2) is 18.3 Å². The van der Waals surface area contributed by atoms with Crippen molar-refractivity contribution >= 4 is 33.1 Å². The van der Waals surface area contributed by atoms with E-state index in [0.717, 1.165) is 16.6 Å². The molecule has 0 saturated carbocycles. The number of anilines is 1. The summed E-state index contributed by atoms with van der Waals surface area (Å²) in [6.07, 6.45) is 7.85. The number of terminal acetylenes is 1. The molecule has 0 aromatic carbocycles. The molecular formula is C14H15N3OS. The number of fused-ring (bicyclic) bond motifs is 1. The molecule has 0 fully saturated rings. The van der Waals surface area contributed by atoms with Crippen LogP contribution < -0.4 is 5.73 Å². The van der Waals surface area contributed by atoms with E-state index in [9.17, 15) is 4.79 Å². The van der Waals surface area contributed by atoms with E-state index < -0.39 is 0 Å². The van der Waals surface area contributed by atoms with Gasteiger partial charge in [0, 0.05) is 18.1 Å². The summed E-state index contributed by atoms with van der Waals surface area (Å²) in [5.74, 6) is 2.40. The fraction of sp³-hybridized carbons (Fsp3) is 0.286. The molecule has 0 unspecified atom stereocenters. The molecule has 2 aromatic heterocycles. The number of rotatable bonds is 4. The van der Waals surface area contributed by atoms with Gasteiger partial charge in [0.05, 0.1) is 12.2 Å². The molecule has 0 aliphatic heterocycles. The zero-order valence-electron chi connectivity index (χ0n) is 10.7. The Morgan fingerprint density at radius 2 is 2.42 bits per heavy atom. The van der Waals surface area contributed by atoms with Crippen LogP contribution in [0.1, 0.15) is 23.0 Å². The van der Waals surface area contributed by atoms with Crippen molar-refractivity contribution in [2.45, 2.75) is 13.3 Å². The minimum Gasteiger partial charge on any atom is -0.397 e. The van der Waals surface area contributed by atoms with Gasteiger partial charge in [0.15, 0.2) is 0 Å². The fourth-order valence-corrected chi connectivity index (χ4v) is 2.92. The van der Waals surface area contributed by atoms with E-state index in [-0.39, 0.29) is 5.91 Å². The van der Waals surface area contributed by atoms with Crippen molar-refractivity contribution in [3.8, 4) is 12.3 Å². The predicted octanol–water partition coefficient (Wildman–Crippen LogP) is 2.36. The number of hydrogen-bond donors (Lipinski definition) is 1. The summed E-state index contributed by atoms with van der Waals surface area (Å²) in [4.78, 5) is 19.6. The first kappa shape index (κ1) is 13.4. The van der Waals surface area contributed by atoms with Crippen LogP contribution in [0.25, 0.3) is 10.2 Å². The van der Waals surface area contributed by atoms with E-state index in [1.807, 2.05) is 19.1 Å². The molecule has 19 heavy (non-hydrogen) atoms. The largest absolute Gasteiger partial charge is 0.397 e. The quantitative estimate of drug-likeness (QED) is 0.870. The summed E-state index contributed by atoms with van der Waals surface area (Å²) in [6, 6.07) is 3.68. The molecule has 0 aliphatic carbocycles.